The van der Waals surface area contributed by atoms with Gasteiger partial charge in [0.25, 0.3) is 0 Å². The average molecular weight is 227 g/mol. The Kier molecular flexibility index (Phi) is 5.37. The predicted octanol–water partition coefficient (Wildman–Crippen LogP) is 3.34. The van der Waals surface area contributed by atoms with Gasteiger partial charge in [0.2, 0.25) is 0 Å². The Balaban J connectivity index is 2.40. The number of halogens is 1. The molecule has 0 aromatic heterocycles. The van der Waals surface area contributed by atoms with Gasteiger partial charge in [-0.15, -0.1) is 0 Å². The molecule has 0 spiro atoms. The van der Waals surface area contributed by atoms with Gasteiger partial charge in [0.1, 0.15) is 0 Å². The first-order valence-electron chi connectivity index (χ1n) is 5.10. The van der Waals surface area contributed by atoms with E-state index in [1.54, 1.807) is 24.3 Å². The second-order valence-corrected chi connectivity index (χ2v) is 3.73. The minimum atomic E-state index is 0.0774. The number of carbonyl (C=O) groups is 1. The first kappa shape index (κ1) is 12.2. The van der Waals surface area contributed by atoms with E-state index in [-0.39, 0.29) is 5.78 Å². The van der Waals surface area contributed by atoms with E-state index in [9.17, 15) is 4.79 Å². The third kappa shape index (κ3) is 4.45. The Morgan fingerprint density at radius 3 is 2.87 bits per heavy atom. The van der Waals surface area contributed by atoms with Gasteiger partial charge >= 0.3 is 0 Å². The molecule has 0 saturated heterocycles. The Hall–Kier alpha value is -0.860. The summed E-state index contributed by atoms with van der Waals surface area (Å²) < 4.78 is 5.25. The van der Waals surface area contributed by atoms with Gasteiger partial charge < -0.3 is 4.74 Å². The van der Waals surface area contributed by atoms with Gasteiger partial charge in [0.05, 0.1) is 6.61 Å². The number of Topliss-reactive ketones (excluding diaryl/α,β-unsaturated/α-hetero) is 1. The normalized spacial score (nSPS) is 10.3. The van der Waals surface area contributed by atoms with Crippen LogP contribution in [-0.2, 0) is 4.74 Å². The summed E-state index contributed by atoms with van der Waals surface area (Å²) in [4.78, 5) is 11.6. The van der Waals surface area contributed by atoms with Gasteiger partial charge in [-0.2, -0.15) is 0 Å². The van der Waals surface area contributed by atoms with Crippen LogP contribution < -0.4 is 0 Å². The smallest absolute Gasteiger partial charge is 0.165 e. The van der Waals surface area contributed by atoms with E-state index in [2.05, 4.69) is 0 Å². The number of benzene rings is 1. The molecule has 2 nitrogen and oxygen atoms in total. The number of carbonyl (C=O) groups excluding carboxylic acids is 1. The third-order valence-electron chi connectivity index (χ3n) is 1.97. The van der Waals surface area contributed by atoms with Crippen LogP contribution in [0.1, 0.15) is 30.1 Å². The molecule has 0 fully saturated rings. The molecule has 0 amide bonds. The molecule has 1 aromatic rings. The van der Waals surface area contributed by atoms with Crippen LogP contribution in [0.5, 0.6) is 0 Å². The SMILES string of the molecule is CCCOCCC(=O)c1cccc(Cl)c1. The van der Waals surface area contributed by atoms with Crippen molar-refractivity contribution >= 4 is 17.4 Å². The topological polar surface area (TPSA) is 26.3 Å². The summed E-state index contributed by atoms with van der Waals surface area (Å²) in [6.07, 6.45) is 1.39. The lowest BCUT2D eigenvalue weighted by Gasteiger charge is -2.02. The number of ketones is 1. The Bertz CT molecular complexity index is 323. The fraction of sp³-hybridized carbons (Fsp3) is 0.417. The number of hydrogen-bond donors (Lipinski definition) is 0. The van der Waals surface area contributed by atoms with Crippen molar-refractivity contribution in [1.82, 2.24) is 0 Å². The van der Waals surface area contributed by atoms with Gasteiger partial charge in [-0.25, -0.2) is 0 Å². The molecule has 3 heteroatoms. The van der Waals surface area contributed by atoms with Crippen molar-refractivity contribution in [2.45, 2.75) is 19.8 Å². The van der Waals surface area contributed by atoms with Gasteiger partial charge in [-0.3, -0.25) is 4.79 Å². The first-order valence-corrected chi connectivity index (χ1v) is 5.48. The molecule has 0 aliphatic rings. The lowest BCUT2D eigenvalue weighted by molar-refractivity contribution is 0.0879. The molecule has 1 aromatic carbocycles. The monoisotopic (exact) mass is 226 g/mol. The second kappa shape index (κ2) is 6.59. The summed E-state index contributed by atoms with van der Waals surface area (Å²) in [5.41, 5.74) is 0.655. The highest BCUT2D eigenvalue weighted by Crippen LogP contribution is 2.12. The number of hydrogen-bond acceptors (Lipinski definition) is 2. The quantitative estimate of drug-likeness (QED) is 0.549. The molecule has 15 heavy (non-hydrogen) atoms. The van der Waals surface area contributed by atoms with E-state index in [0.29, 0.717) is 30.2 Å². The first-order chi connectivity index (χ1) is 7.24. The summed E-state index contributed by atoms with van der Waals surface area (Å²) in [5, 5.41) is 0.593. The van der Waals surface area contributed by atoms with Crippen molar-refractivity contribution in [3.8, 4) is 0 Å². The van der Waals surface area contributed by atoms with Gasteiger partial charge in [-0.05, 0) is 18.6 Å². The summed E-state index contributed by atoms with van der Waals surface area (Å²) in [7, 11) is 0. The highest BCUT2D eigenvalue weighted by Gasteiger charge is 2.05. The molecule has 1 rings (SSSR count). The molecular weight excluding hydrogens is 212 g/mol. The van der Waals surface area contributed by atoms with Gasteiger partial charge in [0, 0.05) is 23.6 Å². The Labute approximate surface area is 95.2 Å². The molecule has 0 saturated carbocycles. The lowest BCUT2D eigenvalue weighted by Crippen LogP contribution is -2.05. The van der Waals surface area contributed by atoms with Gasteiger partial charge in [0.15, 0.2) is 5.78 Å². The zero-order chi connectivity index (χ0) is 11.1. The van der Waals surface area contributed by atoms with Crippen LogP contribution in [0.3, 0.4) is 0 Å². The lowest BCUT2D eigenvalue weighted by atomic mass is 10.1. The standard InChI is InChI=1S/C12H15ClO2/c1-2-7-15-8-6-12(14)10-4-3-5-11(13)9-10/h3-5,9H,2,6-8H2,1H3. The van der Waals surface area contributed by atoms with Crippen molar-refractivity contribution in [3.63, 3.8) is 0 Å². The minimum absolute atomic E-state index is 0.0774. The molecule has 0 atom stereocenters. The summed E-state index contributed by atoms with van der Waals surface area (Å²) in [6, 6.07) is 6.99. The molecule has 0 bridgehead atoms. The summed E-state index contributed by atoms with van der Waals surface area (Å²) in [6.45, 7) is 3.24. The zero-order valence-electron chi connectivity index (χ0n) is 8.83. The Morgan fingerprint density at radius 1 is 1.40 bits per heavy atom. The van der Waals surface area contributed by atoms with Crippen molar-refractivity contribution in [3.05, 3.63) is 34.9 Å². The minimum Gasteiger partial charge on any atom is -0.381 e. The molecule has 82 valence electrons. The fourth-order valence-corrected chi connectivity index (χ4v) is 1.41. The maximum atomic E-state index is 11.6. The average Bonchev–Trinajstić information content (AvgIpc) is 2.24. The van der Waals surface area contributed by atoms with Crippen molar-refractivity contribution in [2.75, 3.05) is 13.2 Å². The van der Waals surface area contributed by atoms with Crippen molar-refractivity contribution in [1.29, 1.82) is 0 Å². The maximum absolute atomic E-state index is 11.6. The van der Waals surface area contributed by atoms with Gasteiger partial charge in [-0.1, -0.05) is 30.7 Å². The van der Waals surface area contributed by atoms with E-state index >= 15 is 0 Å². The van der Waals surface area contributed by atoms with Crippen LogP contribution in [0.15, 0.2) is 24.3 Å². The molecular formula is C12H15ClO2. The fourth-order valence-electron chi connectivity index (χ4n) is 1.22. The van der Waals surface area contributed by atoms with Crippen LogP contribution in [-0.4, -0.2) is 19.0 Å². The number of ether oxygens (including phenoxy) is 1. The third-order valence-corrected chi connectivity index (χ3v) is 2.20. The molecule has 0 aliphatic carbocycles. The van der Waals surface area contributed by atoms with E-state index in [4.69, 9.17) is 16.3 Å². The van der Waals surface area contributed by atoms with E-state index in [1.807, 2.05) is 6.92 Å². The summed E-state index contributed by atoms with van der Waals surface area (Å²) >= 11 is 5.79. The van der Waals surface area contributed by atoms with Crippen LogP contribution >= 0.6 is 11.6 Å². The molecule has 0 aliphatic heterocycles. The number of rotatable bonds is 6. The largest absolute Gasteiger partial charge is 0.381 e. The zero-order valence-corrected chi connectivity index (χ0v) is 9.59. The Morgan fingerprint density at radius 2 is 2.20 bits per heavy atom. The van der Waals surface area contributed by atoms with Crippen LogP contribution in [0.25, 0.3) is 0 Å². The van der Waals surface area contributed by atoms with Crippen LogP contribution in [0, 0.1) is 0 Å². The summed E-state index contributed by atoms with van der Waals surface area (Å²) in [5.74, 6) is 0.0774. The van der Waals surface area contributed by atoms with Crippen LogP contribution in [0.2, 0.25) is 5.02 Å². The van der Waals surface area contributed by atoms with Crippen LogP contribution in [0.4, 0.5) is 0 Å². The highest BCUT2D eigenvalue weighted by atomic mass is 35.5. The maximum Gasteiger partial charge on any atom is 0.165 e. The predicted molar refractivity (Wildman–Crippen MR) is 61.5 cm³/mol. The van der Waals surface area contributed by atoms with E-state index < -0.39 is 0 Å². The van der Waals surface area contributed by atoms with E-state index in [0.717, 1.165) is 6.42 Å². The molecule has 0 radical (unpaired) electrons. The molecule has 0 heterocycles. The second-order valence-electron chi connectivity index (χ2n) is 3.30. The molecule has 0 unspecified atom stereocenters. The molecule has 0 N–H and O–H groups in total. The highest BCUT2D eigenvalue weighted by molar-refractivity contribution is 6.31. The van der Waals surface area contributed by atoms with E-state index in [1.165, 1.54) is 0 Å². The van der Waals surface area contributed by atoms with Crippen molar-refractivity contribution in [2.24, 2.45) is 0 Å². The van der Waals surface area contributed by atoms with Crippen molar-refractivity contribution < 1.29 is 9.53 Å².